The molecule has 216 valence electrons. The number of rotatable bonds is 7. The minimum absolute atomic E-state index is 0.0296. The highest BCUT2D eigenvalue weighted by Crippen LogP contribution is 2.31. The van der Waals surface area contributed by atoms with Crippen LogP contribution >= 0.6 is 0 Å². The highest BCUT2D eigenvalue weighted by atomic mass is 19.1. The van der Waals surface area contributed by atoms with Gasteiger partial charge in [0.25, 0.3) is 0 Å². The molecule has 12 heteroatoms. The Bertz CT molecular complexity index is 1440. The molecule has 0 fully saturated rings. The Kier molecular flexibility index (Phi) is 9.16. The number of benzene rings is 2. The first-order valence-corrected chi connectivity index (χ1v) is 12.6. The monoisotopic (exact) mass is 567 g/mol. The van der Waals surface area contributed by atoms with E-state index in [1.165, 1.54) is 30.3 Å². The summed E-state index contributed by atoms with van der Waals surface area (Å²) in [6.07, 6.45) is 0.533. The number of hydrogen-bond acceptors (Lipinski definition) is 7. The number of hydrogen-bond donors (Lipinski definition) is 2. The van der Waals surface area contributed by atoms with Crippen LogP contribution in [0.3, 0.4) is 0 Å². The molecule has 3 aromatic rings. The van der Waals surface area contributed by atoms with Gasteiger partial charge in [-0.2, -0.15) is 0 Å². The number of ether oxygens (including phenoxy) is 1. The average molecular weight is 568 g/mol. The molecule has 0 radical (unpaired) electrons. The summed E-state index contributed by atoms with van der Waals surface area (Å²) in [6.45, 7) is 10.0. The molecule has 10 nitrogen and oxygen atoms in total. The van der Waals surface area contributed by atoms with E-state index in [2.05, 4.69) is 20.6 Å². The molecule has 2 N–H and O–H groups in total. The van der Waals surface area contributed by atoms with E-state index >= 15 is 0 Å². The Balaban J connectivity index is 1.71. The van der Waals surface area contributed by atoms with Crippen molar-refractivity contribution in [3.63, 3.8) is 0 Å². The lowest BCUT2D eigenvalue weighted by molar-refractivity contribution is -0.135. The average Bonchev–Trinajstić information content (AvgIpc) is 2.86. The molecule has 1 aromatic heterocycles. The molecule has 0 aliphatic heterocycles. The van der Waals surface area contributed by atoms with E-state index in [0.29, 0.717) is 5.69 Å². The summed E-state index contributed by atoms with van der Waals surface area (Å²) >= 11 is 0. The zero-order valence-electron chi connectivity index (χ0n) is 23.5. The van der Waals surface area contributed by atoms with E-state index in [4.69, 9.17) is 4.74 Å². The Morgan fingerprint density at radius 3 is 1.85 bits per heavy atom. The molecule has 0 saturated heterocycles. The zero-order chi connectivity index (χ0) is 30.5. The summed E-state index contributed by atoms with van der Waals surface area (Å²) in [6, 6.07) is 9.87. The van der Waals surface area contributed by atoms with Gasteiger partial charge in [0.1, 0.15) is 24.4 Å². The number of nitrogens with one attached hydrogen (secondary N) is 2. The van der Waals surface area contributed by atoms with Crippen molar-refractivity contribution in [2.45, 2.75) is 48.0 Å². The van der Waals surface area contributed by atoms with Gasteiger partial charge in [-0.15, -0.1) is 0 Å². The predicted octanol–water partition coefficient (Wildman–Crippen LogP) is 5.47. The number of amides is 4. The van der Waals surface area contributed by atoms with Crippen molar-refractivity contribution >= 4 is 40.8 Å². The molecule has 0 spiro atoms. The largest absolute Gasteiger partial charge is 0.436 e. The smallest absolute Gasteiger partial charge is 0.240 e. The molecule has 0 aliphatic carbocycles. The first-order chi connectivity index (χ1) is 19.0. The normalized spacial score (nSPS) is 11.4. The van der Waals surface area contributed by atoms with Gasteiger partial charge in [0, 0.05) is 34.3 Å². The summed E-state index contributed by atoms with van der Waals surface area (Å²) in [7, 11) is 0. The number of carbonyl (C=O) groups excluding carboxylic acids is 4. The van der Waals surface area contributed by atoms with Crippen LogP contribution in [0.5, 0.6) is 11.6 Å². The van der Waals surface area contributed by atoms with Gasteiger partial charge in [-0.1, -0.05) is 41.5 Å². The lowest BCUT2D eigenvalue weighted by atomic mass is 9.90. The maximum Gasteiger partial charge on any atom is 0.240 e. The van der Waals surface area contributed by atoms with E-state index < -0.39 is 52.5 Å². The summed E-state index contributed by atoms with van der Waals surface area (Å²) < 4.78 is 33.4. The van der Waals surface area contributed by atoms with Crippen LogP contribution in [0.15, 0.2) is 54.9 Å². The lowest BCUT2D eigenvalue weighted by Crippen LogP contribution is -2.48. The number of halogens is 2. The molecule has 3 rings (SSSR count). The van der Waals surface area contributed by atoms with E-state index in [1.54, 1.807) is 41.5 Å². The first-order valence-electron chi connectivity index (χ1n) is 12.6. The van der Waals surface area contributed by atoms with Gasteiger partial charge >= 0.3 is 0 Å². The Morgan fingerprint density at radius 1 is 0.780 bits per heavy atom. The van der Waals surface area contributed by atoms with E-state index in [9.17, 15) is 28.0 Å². The van der Waals surface area contributed by atoms with Crippen molar-refractivity contribution in [3.05, 3.63) is 66.5 Å². The van der Waals surface area contributed by atoms with Crippen LogP contribution in [0, 0.1) is 22.5 Å². The third-order valence-electron chi connectivity index (χ3n) is 5.43. The molecule has 0 unspecified atom stereocenters. The van der Waals surface area contributed by atoms with Gasteiger partial charge in [0.15, 0.2) is 11.6 Å². The highest BCUT2D eigenvalue weighted by molar-refractivity contribution is 6.17. The molecule has 1 heterocycles. The molecule has 0 atom stereocenters. The fourth-order valence-electron chi connectivity index (χ4n) is 3.34. The van der Waals surface area contributed by atoms with Crippen molar-refractivity contribution < 1.29 is 32.7 Å². The van der Waals surface area contributed by atoms with Crippen LogP contribution in [0.1, 0.15) is 48.0 Å². The first kappa shape index (κ1) is 30.8. The van der Waals surface area contributed by atoms with Crippen molar-refractivity contribution in [1.29, 1.82) is 0 Å². The Hall–Kier alpha value is -4.74. The maximum absolute atomic E-state index is 14.8. The molecular formula is C29H31F2N5O5. The molecule has 0 aliphatic rings. The van der Waals surface area contributed by atoms with Crippen molar-refractivity contribution in [3.8, 4) is 11.6 Å². The SMILES string of the molecule is CC(C)(C)C(=O)N(C(=O)C(C)(C)C)c1cc(Oc2ccc(NC(=O)CC(=O)Nc3ccc(F)cc3)cc2F)ncn1. The van der Waals surface area contributed by atoms with Gasteiger partial charge in [0.05, 0.1) is 0 Å². The lowest BCUT2D eigenvalue weighted by Gasteiger charge is -2.31. The zero-order valence-corrected chi connectivity index (χ0v) is 23.5. The second kappa shape index (κ2) is 12.2. The summed E-state index contributed by atoms with van der Waals surface area (Å²) in [5, 5.41) is 4.87. The number of aromatic nitrogens is 2. The Labute approximate surface area is 236 Å². The van der Waals surface area contributed by atoms with Crippen molar-refractivity contribution in [1.82, 2.24) is 9.97 Å². The second-order valence-electron chi connectivity index (χ2n) is 11.2. The molecule has 0 saturated carbocycles. The van der Waals surface area contributed by atoms with Gasteiger partial charge in [0.2, 0.25) is 29.5 Å². The van der Waals surface area contributed by atoms with Crippen molar-refractivity contribution in [2.75, 3.05) is 15.5 Å². The molecule has 2 aromatic carbocycles. The third-order valence-corrected chi connectivity index (χ3v) is 5.43. The highest BCUT2D eigenvalue weighted by Gasteiger charge is 2.38. The van der Waals surface area contributed by atoms with Crippen LogP contribution in [-0.4, -0.2) is 33.6 Å². The van der Waals surface area contributed by atoms with Gasteiger partial charge in [-0.3, -0.25) is 19.2 Å². The van der Waals surface area contributed by atoms with E-state index in [0.717, 1.165) is 29.4 Å². The summed E-state index contributed by atoms with van der Waals surface area (Å²) in [4.78, 5) is 59.6. The van der Waals surface area contributed by atoms with Crippen LogP contribution < -0.4 is 20.3 Å². The van der Waals surface area contributed by atoms with Gasteiger partial charge in [-0.25, -0.2) is 23.6 Å². The quantitative estimate of drug-likeness (QED) is 0.362. The topological polar surface area (TPSA) is 131 Å². The number of imide groups is 1. The van der Waals surface area contributed by atoms with Crippen LogP contribution in [0.2, 0.25) is 0 Å². The van der Waals surface area contributed by atoms with E-state index in [-0.39, 0.29) is 23.1 Å². The van der Waals surface area contributed by atoms with Crippen LogP contribution in [0.4, 0.5) is 26.0 Å². The Morgan fingerprint density at radius 2 is 1.32 bits per heavy atom. The predicted molar refractivity (Wildman–Crippen MR) is 148 cm³/mol. The van der Waals surface area contributed by atoms with Crippen molar-refractivity contribution in [2.24, 2.45) is 10.8 Å². The minimum Gasteiger partial charge on any atom is -0.436 e. The fourth-order valence-corrected chi connectivity index (χ4v) is 3.34. The molecule has 4 amide bonds. The van der Waals surface area contributed by atoms with E-state index in [1.807, 2.05) is 0 Å². The van der Waals surface area contributed by atoms with Gasteiger partial charge < -0.3 is 15.4 Å². The standard InChI is InChI=1S/C29H31F2N5O5/c1-28(2,3)26(39)36(27(40)29(4,5)6)22-14-25(33-16-32-22)41-21-12-11-19(13-20(21)31)35-24(38)15-23(37)34-18-9-7-17(30)8-10-18/h7-14,16H,15H2,1-6H3,(H,34,37)(H,35,38). The second-order valence-corrected chi connectivity index (χ2v) is 11.2. The fraction of sp³-hybridized carbons (Fsp3) is 0.310. The van der Waals surface area contributed by atoms with Gasteiger partial charge in [-0.05, 0) is 36.4 Å². The van der Waals surface area contributed by atoms with Crippen LogP contribution in [0.25, 0.3) is 0 Å². The van der Waals surface area contributed by atoms with Crippen LogP contribution in [-0.2, 0) is 19.2 Å². The summed E-state index contributed by atoms with van der Waals surface area (Å²) in [5.41, 5.74) is -1.42. The number of anilines is 3. The third kappa shape index (κ3) is 8.37. The number of carbonyl (C=O) groups is 4. The molecular weight excluding hydrogens is 536 g/mol. The molecule has 0 bridgehead atoms. The summed E-state index contributed by atoms with van der Waals surface area (Å²) in [5.74, 6) is -4.05. The number of nitrogens with zero attached hydrogens (tertiary/aromatic N) is 3. The molecule has 41 heavy (non-hydrogen) atoms. The minimum atomic E-state index is -0.902. The maximum atomic E-state index is 14.8.